The molecule has 2 rings (SSSR count). The van der Waals surface area contributed by atoms with Gasteiger partial charge in [0.2, 0.25) is 6.79 Å². The molecule has 0 aliphatic carbocycles. The number of rotatable bonds is 4. The highest BCUT2D eigenvalue weighted by atomic mass is 79.9. The molecule has 0 amide bonds. The standard InChI is InChI=1S/C13H10Br2O2/c14-10-3-1-5-12(7-10)16-9-17-13-6-2-4-11(15)8-13/h1-8H,9H2. The molecule has 2 aromatic rings. The van der Waals surface area contributed by atoms with Crippen LogP contribution in [0, 0.1) is 0 Å². The second kappa shape index (κ2) is 6.07. The van der Waals surface area contributed by atoms with Crippen LogP contribution in [0.5, 0.6) is 11.5 Å². The first-order valence-electron chi connectivity index (χ1n) is 5.01. The molecule has 0 N–H and O–H groups in total. The highest BCUT2D eigenvalue weighted by Crippen LogP contribution is 2.20. The Balaban J connectivity index is 1.87. The van der Waals surface area contributed by atoms with Gasteiger partial charge in [-0.15, -0.1) is 0 Å². The predicted octanol–water partition coefficient (Wildman–Crippen LogP) is 4.63. The molecule has 0 aliphatic heterocycles. The summed E-state index contributed by atoms with van der Waals surface area (Å²) in [4.78, 5) is 0. The van der Waals surface area contributed by atoms with Crippen LogP contribution in [-0.4, -0.2) is 6.79 Å². The number of ether oxygens (including phenoxy) is 2. The van der Waals surface area contributed by atoms with E-state index in [9.17, 15) is 0 Å². The molecule has 0 atom stereocenters. The van der Waals surface area contributed by atoms with Crippen LogP contribution >= 0.6 is 31.9 Å². The van der Waals surface area contributed by atoms with Gasteiger partial charge in [0.15, 0.2) is 0 Å². The molecule has 0 aliphatic rings. The molecule has 0 fully saturated rings. The fourth-order valence-corrected chi connectivity index (χ4v) is 2.04. The van der Waals surface area contributed by atoms with Crippen molar-refractivity contribution in [3.8, 4) is 11.5 Å². The Labute approximate surface area is 117 Å². The van der Waals surface area contributed by atoms with Crippen molar-refractivity contribution in [1.29, 1.82) is 0 Å². The van der Waals surface area contributed by atoms with E-state index in [0.717, 1.165) is 20.4 Å². The van der Waals surface area contributed by atoms with E-state index in [1.807, 2.05) is 48.5 Å². The lowest BCUT2D eigenvalue weighted by Crippen LogP contribution is -2.05. The Hall–Kier alpha value is -1.00. The zero-order valence-corrected chi connectivity index (χ0v) is 12.1. The highest BCUT2D eigenvalue weighted by Gasteiger charge is 1.97. The summed E-state index contributed by atoms with van der Waals surface area (Å²) in [5, 5.41) is 0. The molecule has 2 aromatic carbocycles. The van der Waals surface area contributed by atoms with Gasteiger partial charge in [0, 0.05) is 8.95 Å². The van der Waals surface area contributed by atoms with Crippen LogP contribution in [-0.2, 0) is 0 Å². The van der Waals surface area contributed by atoms with Crippen molar-refractivity contribution in [2.75, 3.05) is 6.79 Å². The molecule has 4 heteroatoms. The van der Waals surface area contributed by atoms with Crippen molar-refractivity contribution in [2.24, 2.45) is 0 Å². The molecular weight excluding hydrogens is 348 g/mol. The van der Waals surface area contributed by atoms with Crippen LogP contribution in [0.1, 0.15) is 0 Å². The molecule has 0 spiro atoms. The van der Waals surface area contributed by atoms with Crippen molar-refractivity contribution in [3.05, 3.63) is 57.5 Å². The van der Waals surface area contributed by atoms with Gasteiger partial charge in [-0.3, -0.25) is 0 Å². The molecule has 17 heavy (non-hydrogen) atoms. The van der Waals surface area contributed by atoms with Crippen LogP contribution in [0.3, 0.4) is 0 Å². The zero-order chi connectivity index (χ0) is 12.1. The van der Waals surface area contributed by atoms with Gasteiger partial charge in [0.1, 0.15) is 11.5 Å². The van der Waals surface area contributed by atoms with Crippen LogP contribution in [0.25, 0.3) is 0 Å². The molecule has 0 saturated carbocycles. The van der Waals surface area contributed by atoms with E-state index in [1.54, 1.807) is 0 Å². The normalized spacial score (nSPS) is 10.0. The first-order chi connectivity index (χ1) is 8.24. The van der Waals surface area contributed by atoms with Crippen molar-refractivity contribution < 1.29 is 9.47 Å². The Morgan fingerprint density at radius 3 is 1.65 bits per heavy atom. The fourth-order valence-electron chi connectivity index (χ4n) is 1.28. The fraction of sp³-hybridized carbons (Fsp3) is 0.0769. The SMILES string of the molecule is Brc1cccc(OCOc2cccc(Br)c2)c1. The minimum atomic E-state index is 0.187. The summed E-state index contributed by atoms with van der Waals surface area (Å²) in [6, 6.07) is 15.3. The molecule has 2 nitrogen and oxygen atoms in total. The second-order valence-corrected chi connectivity index (χ2v) is 5.15. The Kier molecular flexibility index (Phi) is 4.45. The van der Waals surface area contributed by atoms with Gasteiger partial charge in [-0.05, 0) is 36.4 Å². The molecular formula is C13H10Br2O2. The predicted molar refractivity (Wildman–Crippen MR) is 74.4 cm³/mol. The van der Waals surface area contributed by atoms with E-state index < -0.39 is 0 Å². The molecule has 0 unspecified atom stereocenters. The van der Waals surface area contributed by atoms with E-state index >= 15 is 0 Å². The Bertz CT molecular complexity index is 455. The summed E-state index contributed by atoms with van der Waals surface area (Å²) >= 11 is 6.76. The van der Waals surface area contributed by atoms with Gasteiger partial charge in [0.05, 0.1) is 0 Å². The van der Waals surface area contributed by atoms with E-state index in [0.29, 0.717) is 0 Å². The molecule has 88 valence electrons. The molecule has 0 radical (unpaired) electrons. The largest absolute Gasteiger partial charge is 0.457 e. The van der Waals surface area contributed by atoms with Crippen LogP contribution < -0.4 is 9.47 Å². The Morgan fingerprint density at radius 2 is 1.24 bits per heavy atom. The lowest BCUT2D eigenvalue weighted by molar-refractivity contribution is 0.119. The van der Waals surface area contributed by atoms with Crippen molar-refractivity contribution in [3.63, 3.8) is 0 Å². The number of halogens is 2. The molecule has 0 bridgehead atoms. The summed E-state index contributed by atoms with van der Waals surface area (Å²) < 4.78 is 12.9. The van der Waals surface area contributed by atoms with Gasteiger partial charge in [-0.1, -0.05) is 44.0 Å². The third kappa shape index (κ3) is 4.06. The van der Waals surface area contributed by atoms with Crippen molar-refractivity contribution in [1.82, 2.24) is 0 Å². The topological polar surface area (TPSA) is 18.5 Å². The summed E-state index contributed by atoms with van der Waals surface area (Å²) in [5.74, 6) is 1.55. The van der Waals surface area contributed by atoms with E-state index in [-0.39, 0.29) is 6.79 Å². The molecule has 0 saturated heterocycles. The smallest absolute Gasteiger partial charge is 0.230 e. The minimum Gasteiger partial charge on any atom is -0.457 e. The van der Waals surface area contributed by atoms with Crippen molar-refractivity contribution >= 4 is 31.9 Å². The summed E-state index contributed by atoms with van der Waals surface area (Å²) in [5.41, 5.74) is 0. The number of benzene rings is 2. The first kappa shape index (κ1) is 12.5. The van der Waals surface area contributed by atoms with Crippen LogP contribution in [0.2, 0.25) is 0 Å². The molecule has 0 aromatic heterocycles. The average Bonchev–Trinajstić information content (AvgIpc) is 2.29. The summed E-state index contributed by atoms with van der Waals surface area (Å²) in [6.07, 6.45) is 0. The maximum atomic E-state index is 5.46. The number of hydrogen-bond donors (Lipinski definition) is 0. The average molecular weight is 358 g/mol. The van der Waals surface area contributed by atoms with Gasteiger partial charge >= 0.3 is 0 Å². The summed E-state index contributed by atoms with van der Waals surface area (Å²) in [6.45, 7) is 0.187. The maximum Gasteiger partial charge on any atom is 0.230 e. The van der Waals surface area contributed by atoms with Gasteiger partial charge in [-0.2, -0.15) is 0 Å². The third-order valence-electron chi connectivity index (χ3n) is 2.04. The second-order valence-electron chi connectivity index (χ2n) is 3.32. The lowest BCUT2D eigenvalue weighted by Gasteiger charge is -2.08. The third-order valence-corrected chi connectivity index (χ3v) is 3.03. The number of hydrogen-bond acceptors (Lipinski definition) is 2. The van der Waals surface area contributed by atoms with Crippen LogP contribution in [0.15, 0.2) is 57.5 Å². The maximum absolute atomic E-state index is 5.46. The molecule has 0 heterocycles. The monoisotopic (exact) mass is 356 g/mol. The van der Waals surface area contributed by atoms with E-state index in [1.165, 1.54) is 0 Å². The highest BCUT2D eigenvalue weighted by molar-refractivity contribution is 9.10. The van der Waals surface area contributed by atoms with Crippen LogP contribution in [0.4, 0.5) is 0 Å². The minimum absolute atomic E-state index is 0.187. The lowest BCUT2D eigenvalue weighted by atomic mass is 10.3. The van der Waals surface area contributed by atoms with Crippen molar-refractivity contribution in [2.45, 2.75) is 0 Å². The van der Waals surface area contributed by atoms with Gasteiger partial charge in [0.25, 0.3) is 0 Å². The zero-order valence-electron chi connectivity index (χ0n) is 8.90. The quantitative estimate of drug-likeness (QED) is 0.743. The van der Waals surface area contributed by atoms with Gasteiger partial charge < -0.3 is 9.47 Å². The summed E-state index contributed by atoms with van der Waals surface area (Å²) in [7, 11) is 0. The first-order valence-corrected chi connectivity index (χ1v) is 6.59. The van der Waals surface area contributed by atoms with Gasteiger partial charge in [-0.25, -0.2) is 0 Å². The Morgan fingerprint density at radius 1 is 0.765 bits per heavy atom. The van der Waals surface area contributed by atoms with E-state index in [4.69, 9.17) is 9.47 Å². The van der Waals surface area contributed by atoms with E-state index in [2.05, 4.69) is 31.9 Å².